The van der Waals surface area contributed by atoms with Crippen LogP contribution in [0.4, 0.5) is 0 Å². The summed E-state index contributed by atoms with van der Waals surface area (Å²) < 4.78 is 26.3. The van der Waals surface area contributed by atoms with Gasteiger partial charge in [-0.25, -0.2) is 0 Å². The number of carbonyl (C=O) groups excluding carboxylic acids is 2. The van der Waals surface area contributed by atoms with Gasteiger partial charge in [-0.3, -0.25) is 0 Å². The Bertz CT molecular complexity index is 1360. The van der Waals surface area contributed by atoms with Crippen molar-refractivity contribution < 1.29 is 28.5 Å². The number of hydrogen-bond acceptors (Lipinski definition) is 6. The summed E-state index contributed by atoms with van der Waals surface area (Å²) in [6.45, 7) is 3.50. The summed E-state index contributed by atoms with van der Waals surface area (Å²) in [5.74, 6) is 4.63. The van der Waals surface area contributed by atoms with E-state index >= 15 is 0 Å². The fraction of sp³-hybridized carbons (Fsp3) is 0.632. The van der Waals surface area contributed by atoms with Crippen molar-refractivity contribution >= 4 is 53.0 Å². The molecule has 0 aromatic heterocycles. The molecule has 2 aromatic carbocycles. The van der Waals surface area contributed by atoms with Gasteiger partial charge in [-0.1, -0.05) is 0 Å². The monoisotopic (exact) mass is 798 g/mol. The van der Waals surface area contributed by atoms with Crippen LogP contribution in [0.1, 0.15) is 90.9 Å². The summed E-state index contributed by atoms with van der Waals surface area (Å²) in [7, 11) is 14.4. The number of carbonyl (C=O) groups is 2. The van der Waals surface area contributed by atoms with E-state index in [1.54, 1.807) is 13.8 Å². The molecule has 8 saturated carbocycles. The number of halogens is 2. The van der Waals surface area contributed by atoms with Gasteiger partial charge in [0.2, 0.25) is 0 Å². The van der Waals surface area contributed by atoms with Crippen LogP contribution in [0.2, 0.25) is 0 Å². The summed E-state index contributed by atoms with van der Waals surface area (Å²) in [6.07, 6.45) is 12.2. The number of ether oxygens (including phenoxy) is 4. The summed E-state index contributed by atoms with van der Waals surface area (Å²) in [5, 5.41) is 0. The molecule has 0 saturated heterocycles. The Labute approximate surface area is 289 Å². The molecule has 8 bridgehead atoms. The van der Waals surface area contributed by atoms with Crippen molar-refractivity contribution in [1.29, 1.82) is 0 Å². The maximum absolute atomic E-state index is 13.3. The third kappa shape index (κ3) is 6.53. The van der Waals surface area contributed by atoms with Gasteiger partial charge in [-0.15, -0.1) is 0 Å². The molecule has 2 atom stereocenters. The van der Waals surface area contributed by atoms with Crippen LogP contribution in [0.25, 0.3) is 0 Å². The van der Waals surface area contributed by atoms with Gasteiger partial charge >= 0.3 is 291 Å². The zero-order valence-corrected chi connectivity index (χ0v) is 31.2. The van der Waals surface area contributed by atoms with Gasteiger partial charge in [0.1, 0.15) is 0 Å². The Hall–Kier alpha value is -1.65. The molecule has 2 aromatic rings. The van der Waals surface area contributed by atoms with E-state index in [-0.39, 0.29) is 23.1 Å². The summed E-state index contributed by atoms with van der Waals surface area (Å²) in [5.41, 5.74) is -0.614. The minimum absolute atomic E-state index is 0.303. The van der Waals surface area contributed by atoms with E-state index < -0.39 is 28.1 Å². The van der Waals surface area contributed by atoms with Crippen molar-refractivity contribution in [2.75, 3.05) is 0 Å². The number of rotatable bonds is 10. The van der Waals surface area contributed by atoms with Crippen molar-refractivity contribution in [3.63, 3.8) is 0 Å². The maximum atomic E-state index is 13.3. The quantitative estimate of drug-likeness (QED) is 0.186. The van der Waals surface area contributed by atoms with Crippen LogP contribution in [0.5, 0.6) is 11.5 Å². The molecule has 0 N–H and O–H groups in total. The molecular weight excluding hydrogens is 751 g/mol. The third-order valence-electron chi connectivity index (χ3n) is 12.1. The molecule has 0 amide bonds. The minimum atomic E-state index is -3.89. The normalized spacial score (nSPS) is 36.4. The first-order chi connectivity index (χ1) is 22.4. The van der Waals surface area contributed by atoms with E-state index in [1.165, 1.54) is 38.5 Å². The molecule has 0 spiro atoms. The summed E-state index contributed by atoms with van der Waals surface area (Å²) in [6, 6.07) is 14.9. The van der Waals surface area contributed by atoms with Crippen LogP contribution < -0.4 is 16.7 Å². The van der Waals surface area contributed by atoms with Crippen molar-refractivity contribution in [1.82, 2.24) is 0 Å². The first kappa shape index (κ1) is 32.5. The molecule has 10 rings (SSSR count). The van der Waals surface area contributed by atoms with E-state index in [0.717, 1.165) is 45.7 Å². The van der Waals surface area contributed by atoms with Crippen LogP contribution in [0.15, 0.2) is 48.5 Å². The first-order valence-corrected chi connectivity index (χ1v) is 25.9. The Kier molecular flexibility index (Phi) is 8.51. The third-order valence-corrected chi connectivity index (χ3v) is 21.7. The SMILES string of the molecule is CC(Oc1cccc([Te](Cl)(Cl)c2cccc(OC(C)C(=O)OC34CC5CC(CC(C5)C3)C4)c2)c1)C(=O)OC12CC3CC(CC(C3)C1)C2. The van der Waals surface area contributed by atoms with Gasteiger partial charge in [0, 0.05) is 0 Å². The van der Waals surface area contributed by atoms with Crippen LogP contribution >= 0.6 is 17.9 Å². The van der Waals surface area contributed by atoms with Gasteiger partial charge in [0.25, 0.3) is 0 Å². The Balaban J connectivity index is 0.903. The van der Waals surface area contributed by atoms with Gasteiger partial charge < -0.3 is 0 Å². The Morgan fingerprint density at radius 1 is 0.617 bits per heavy atom. The molecule has 6 nitrogen and oxygen atoms in total. The summed E-state index contributed by atoms with van der Waals surface area (Å²) >= 11 is -3.89. The van der Waals surface area contributed by atoms with Gasteiger partial charge in [-0.05, 0) is 0 Å². The standard InChI is InChI=1S/C38H46Cl2O6Te/c1-23(35(41)45-37-17-25-9-26(18-37)11-27(10-25)19-37)43-31-5-3-7-33(15-31)47(39,40)34-8-4-6-32(16-34)44-24(2)36(42)46-38-20-28-12-29(21-38)14-30(13-28)22-38/h3-8,15-16,23-30H,9-14,17-22H2,1-2H3. The molecule has 8 fully saturated rings. The predicted octanol–water partition coefficient (Wildman–Crippen LogP) is 7.28. The second kappa shape index (κ2) is 12.3. The molecule has 0 aliphatic heterocycles. The van der Waals surface area contributed by atoms with E-state index in [1.807, 2.05) is 48.5 Å². The fourth-order valence-corrected chi connectivity index (χ4v) is 17.2. The van der Waals surface area contributed by atoms with Crippen LogP contribution in [0, 0.1) is 35.5 Å². The van der Waals surface area contributed by atoms with E-state index in [0.29, 0.717) is 47.0 Å². The molecule has 2 unspecified atom stereocenters. The second-order valence-electron chi connectivity index (χ2n) is 16.0. The molecule has 9 heteroatoms. The second-order valence-corrected chi connectivity index (χ2v) is 28.6. The van der Waals surface area contributed by atoms with Gasteiger partial charge in [-0.2, -0.15) is 0 Å². The topological polar surface area (TPSA) is 71.1 Å². The number of esters is 2. The zero-order valence-electron chi connectivity index (χ0n) is 27.3. The first-order valence-electron chi connectivity index (χ1n) is 17.7. The summed E-state index contributed by atoms with van der Waals surface area (Å²) in [4.78, 5) is 26.5. The molecule has 0 heterocycles. The van der Waals surface area contributed by atoms with Crippen molar-refractivity contribution in [2.24, 2.45) is 35.5 Å². The Morgan fingerprint density at radius 3 is 1.26 bits per heavy atom. The van der Waals surface area contributed by atoms with Crippen molar-refractivity contribution in [2.45, 2.75) is 114 Å². The van der Waals surface area contributed by atoms with Gasteiger partial charge in [0.05, 0.1) is 0 Å². The van der Waals surface area contributed by atoms with E-state index in [9.17, 15) is 9.59 Å². The molecule has 8 aliphatic carbocycles. The number of hydrogen-bond donors (Lipinski definition) is 0. The molecular formula is C38H46Cl2O6Te. The van der Waals surface area contributed by atoms with Crippen LogP contribution in [0.3, 0.4) is 0 Å². The van der Waals surface area contributed by atoms with E-state index in [4.69, 9.17) is 36.9 Å². The average Bonchev–Trinajstić information content (AvgIpc) is 2.99. The fourth-order valence-electron chi connectivity index (χ4n) is 11.0. The van der Waals surface area contributed by atoms with Crippen LogP contribution in [-0.4, -0.2) is 51.3 Å². The van der Waals surface area contributed by atoms with Crippen molar-refractivity contribution in [3.05, 3.63) is 48.5 Å². The number of benzene rings is 2. The van der Waals surface area contributed by atoms with Crippen LogP contribution in [-0.2, 0) is 19.1 Å². The Morgan fingerprint density at radius 2 is 0.936 bits per heavy atom. The molecule has 0 radical (unpaired) electrons. The van der Waals surface area contributed by atoms with Crippen molar-refractivity contribution in [3.8, 4) is 11.5 Å². The molecule has 8 aliphatic rings. The van der Waals surface area contributed by atoms with Gasteiger partial charge in [0.15, 0.2) is 0 Å². The molecule has 254 valence electrons. The predicted molar refractivity (Wildman–Crippen MR) is 184 cm³/mol. The van der Waals surface area contributed by atoms with E-state index in [2.05, 4.69) is 0 Å². The zero-order chi connectivity index (χ0) is 32.6. The molecule has 47 heavy (non-hydrogen) atoms. The average molecular weight is 797 g/mol.